The molecule has 2 atom stereocenters. The van der Waals surface area contributed by atoms with Gasteiger partial charge in [0.2, 0.25) is 0 Å². The number of rotatable bonds is 2. The van der Waals surface area contributed by atoms with Crippen LogP contribution in [0.5, 0.6) is 0 Å². The Morgan fingerprint density at radius 2 is 1.92 bits per heavy atom. The van der Waals surface area contributed by atoms with Gasteiger partial charge in [-0.25, -0.2) is 0 Å². The maximum Gasteiger partial charge on any atom is 0.254 e. The van der Waals surface area contributed by atoms with Crippen molar-refractivity contribution in [3.8, 4) is 0 Å². The quantitative estimate of drug-likeness (QED) is 0.779. The molecule has 4 rings (SSSR count). The Morgan fingerprint density at radius 3 is 2.71 bits per heavy atom. The summed E-state index contributed by atoms with van der Waals surface area (Å²) in [4.78, 5) is 14.5. The number of aliphatic hydroxyl groups excluding tert-OH is 1. The third-order valence-electron chi connectivity index (χ3n) is 4.60. The van der Waals surface area contributed by atoms with Crippen LogP contribution in [0.4, 0.5) is 0 Å². The van der Waals surface area contributed by atoms with Gasteiger partial charge in [-0.15, -0.1) is 0 Å². The number of nitrogens with zero attached hydrogens (tertiary/aromatic N) is 3. The van der Waals surface area contributed by atoms with Crippen LogP contribution in [-0.4, -0.2) is 43.9 Å². The average molecular weight is 339 g/mol. The molecule has 1 amide bonds. The summed E-state index contributed by atoms with van der Waals surface area (Å²) in [6.07, 6.45) is 0.215. The van der Waals surface area contributed by atoms with Gasteiger partial charge < -0.3 is 10.0 Å². The van der Waals surface area contributed by atoms with E-state index in [4.69, 9.17) is 0 Å². The van der Waals surface area contributed by atoms with Crippen molar-refractivity contribution >= 4 is 28.7 Å². The Kier molecular flexibility index (Phi) is 4.00. The molecule has 1 aromatic heterocycles. The van der Waals surface area contributed by atoms with Gasteiger partial charge in [0.25, 0.3) is 5.91 Å². The molecule has 1 fully saturated rings. The molecule has 1 N–H and O–H groups in total. The van der Waals surface area contributed by atoms with E-state index in [2.05, 4.69) is 8.75 Å². The van der Waals surface area contributed by atoms with Crippen molar-refractivity contribution in [2.24, 2.45) is 0 Å². The van der Waals surface area contributed by atoms with Gasteiger partial charge in [-0.3, -0.25) is 4.79 Å². The Bertz CT molecular complexity index is 865. The molecule has 122 valence electrons. The van der Waals surface area contributed by atoms with Gasteiger partial charge in [0.15, 0.2) is 0 Å². The van der Waals surface area contributed by atoms with E-state index >= 15 is 0 Å². The molecule has 1 aliphatic heterocycles. The molecule has 2 heterocycles. The van der Waals surface area contributed by atoms with Gasteiger partial charge in [-0.1, -0.05) is 30.3 Å². The molecule has 2 aromatic carbocycles. The number of amides is 1. The fourth-order valence-electron chi connectivity index (χ4n) is 3.30. The van der Waals surface area contributed by atoms with Crippen molar-refractivity contribution < 1.29 is 9.90 Å². The predicted octanol–water partition coefficient (Wildman–Crippen LogP) is 2.68. The number of aliphatic hydroxyl groups is 1. The van der Waals surface area contributed by atoms with Crippen LogP contribution < -0.4 is 0 Å². The molecule has 5 nitrogen and oxygen atoms in total. The first-order chi connectivity index (χ1) is 11.7. The highest BCUT2D eigenvalue weighted by Crippen LogP contribution is 2.29. The summed E-state index contributed by atoms with van der Waals surface area (Å²) in [7, 11) is 0. The number of piperidine rings is 1. The third-order valence-corrected chi connectivity index (χ3v) is 5.15. The second-order valence-corrected chi connectivity index (χ2v) is 6.62. The molecular weight excluding hydrogens is 322 g/mol. The van der Waals surface area contributed by atoms with E-state index in [0.717, 1.165) is 34.7 Å². The first-order valence-corrected chi connectivity index (χ1v) is 8.70. The van der Waals surface area contributed by atoms with Crippen molar-refractivity contribution in [2.75, 3.05) is 13.1 Å². The normalized spacial score (nSPS) is 21.1. The number of fused-ring (bicyclic) bond motifs is 1. The number of carbonyl (C=O) groups excluding carboxylic acids is 1. The molecule has 24 heavy (non-hydrogen) atoms. The molecule has 6 heteroatoms. The standard InChI is InChI=1S/C18H17N3O2S/c22-17-11-21(9-8-14(17)12-4-2-1-3-5-12)18(23)13-6-7-15-16(10-13)20-24-19-15/h1-7,10,14,17,22H,8-9,11H2/t14-,17+/m0/s1. The third kappa shape index (κ3) is 2.79. The van der Waals surface area contributed by atoms with Crippen LogP contribution >= 0.6 is 11.7 Å². The number of hydrogen-bond donors (Lipinski definition) is 1. The summed E-state index contributed by atoms with van der Waals surface area (Å²) >= 11 is 1.14. The predicted molar refractivity (Wildman–Crippen MR) is 93.1 cm³/mol. The molecule has 1 saturated heterocycles. The van der Waals surface area contributed by atoms with Gasteiger partial charge in [-0.05, 0) is 30.2 Å². The van der Waals surface area contributed by atoms with Gasteiger partial charge >= 0.3 is 0 Å². The van der Waals surface area contributed by atoms with Crippen LogP contribution in [0, 0.1) is 0 Å². The highest BCUT2D eigenvalue weighted by atomic mass is 32.1. The zero-order chi connectivity index (χ0) is 16.5. The Hall–Kier alpha value is -2.31. The van der Waals surface area contributed by atoms with E-state index in [0.29, 0.717) is 18.7 Å². The smallest absolute Gasteiger partial charge is 0.254 e. The lowest BCUT2D eigenvalue weighted by atomic mass is 9.87. The van der Waals surface area contributed by atoms with Gasteiger partial charge in [0, 0.05) is 24.6 Å². The van der Waals surface area contributed by atoms with Crippen molar-refractivity contribution in [1.29, 1.82) is 0 Å². The van der Waals surface area contributed by atoms with E-state index < -0.39 is 6.10 Å². The zero-order valence-corrected chi connectivity index (χ0v) is 13.8. The van der Waals surface area contributed by atoms with Crippen molar-refractivity contribution in [1.82, 2.24) is 13.6 Å². The van der Waals surface area contributed by atoms with Gasteiger partial charge in [0.05, 0.1) is 17.8 Å². The van der Waals surface area contributed by atoms with Crippen molar-refractivity contribution in [2.45, 2.75) is 18.4 Å². The largest absolute Gasteiger partial charge is 0.391 e. The number of likely N-dealkylation sites (tertiary alicyclic amines) is 1. The maximum atomic E-state index is 12.7. The maximum absolute atomic E-state index is 12.7. The number of β-amino-alcohol motifs (C(OH)–C–C–N with tert-alkyl or cyclic N) is 1. The van der Waals surface area contributed by atoms with Crippen molar-refractivity contribution in [3.63, 3.8) is 0 Å². The van der Waals surface area contributed by atoms with E-state index in [1.807, 2.05) is 36.4 Å². The van der Waals surface area contributed by atoms with Crippen molar-refractivity contribution in [3.05, 3.63) is 59.7 Å². The minimum atomic E-state index is -0.547. The van der Waals surface area contributed by atoms with Gasteiger partial charge in [-0.2, -0.15) is 8.75 Å². The molecule has 0 bridgehead atoms. The van der Waals surface area contributed by atoms with E-state index in [9.17, 15) is 9.90 Å². The summed E-state index contributed by atoms with van der Waals surface area (Å²) in [6, 6.07) is 15.4. The van der Waals surface area contributed by atoms with Crippen LogP contribution in [0.2, 0.25) is 0 Å². The summed E-state index contributed by atoms with van der Waals surface area (Å²) in [6.45, 7) is 0.995. The summed E-state index contributed by atoms with van der Waals surface area (Å²) in [5.41, 5.74) is 3.28. The Morgan fingerprint density at radius 1 is 1.12 bits per heavy atom. The van der Waals surface area contributed by atoms with E-state index in [-0.39, 0.29) is 11.8 Å². The molecule has 0 saturated carbocycles. The molecule has 0 aliphatic carbocycles. The molecule has 0 spiro atoms. The van der Waals surface area contributed by atoms with E-state index in [1.165, 1.54) is 0 Å². The summed E-state index contributed by atoms with van der Waals surface area (Å²) in [5.74, 6) is 0.0240. The Balaban J connectivity index is 1.50. The van der Waals surface area contributed by atoms with Crippen LogP contribution in [0.25, 0.3) is 11.0 Å². The molecule has 0 unspecified atom stereocenters. The first-order valence-electron chi connectivity index (χ1n) is 7.97. The van der Waals surface area contributed by atoms with E-state index in [1.54, 1.807) is 17.0 Å². The van der Waals surface area contributed by atoms with Gasteiger partial charge in [0.1, 0.15) is 11.0 Å². The number of benzene rings is 2. The SMILES string of the molecule is O=C(c1ccc2nsnc2c1)N1CC[C@@H](c2ccccc2)[C@H](O)C1. The molecule has 1 aliphatic rings. The highest BCUT2D eigenvalue weighted by molar-refractivity contribution is 7.00. The molecule has 3 aromatic rings. The fraction of sp³-hybridized carbons (Fsp3) is 0.278. The lowest BCUT2D eigenvalue weighted by molar-refractivity contribution is 0.0382. The topological polar surface area (TPSA) is 66.3 Å². The number of aromatic nitrogens is 2. The number of carbonyl (C=O) groups is 1. The molecular formula is C18H17N3O2S. The highest BCUT2D eigenvalue weighted by Gasteiger charge is 2.31. The van der Waals surface area contributed by atoms with Crippen LogP contribution in [-0.2, 0) is 0 Å². The Labute approximate surface area is 143 Å². The second kappa shape index (κ2) is 6.30. The van der Waals surface area contributed by atoms with Crippen LogP contribution in [0.15, 0.2) is 48.5 Å². The lowest BCUT2D eigenvalue weighted by Crippen LogP contribution is -2.45. The summed E-state index contributed by atoms with van der Waals surface area (Å²) in [5, 5.41) is 10.5. The fourth-order valence-corrected chi connectivity index (χ4v) is 3.82. The minimum absolute atomic E-state index is 0.0598. The number of hydrogen-bond acceptors (Lipinski definition) is 5. The lowest BCUT2D eigenvalue weighted by Gasteiger charge is -2.36. The average Bonchev–Trinajstić information content (AvgIpc) is 3.09. The monoisotopic (exact) mass is 339 g/mol. The minimum Gasteiger partial charge on any atom is -0.391 e. The first kappa shape index (κ1) is 15.2. The van der Waals surface area contributed by atoms with Crippen LogP contribution in [0.3, 0.4) is 0 Å². The molecule has 0 radical (unpaired) electrons. The van der Waals surface area contributed by atoms with Crippen LogP contribution in [0.1, 0.15) is 28.3 Å². The second-order valence-electron chi connectivity index (χ2n) is 6.09. The zero-order valence-electron chi connectivity index (χ0n) is 13.0. The summed E-state index contributed by atoms with van der Waals surface area (Å²) < 4.78 is 8.34.